The number of rotatable bonds is 5. The van der Waals surface area contributed by atoms with Gasteiger partial charge in [-0.15, -0.1) is 0 Å². The smallest absolute Gasteiger partial charge is 0.238 e. The topological polar surface area (TPSA) is 75.8 Å². The highest BCUT2D eigenvalue weighted by molar-refractivity contribution is 7.89. The van der Waals surface area contributed by atoms with Crippen molar-refractivity contribution in [1.29, 1.82) is 0 Å². The zero-order chi connectivity index (χ0) is 22.8. The molecule has 5 rings (SSSR count). The van der Waals surface area contributed by atoms with Crippen molar-refractivity contribution in [1.82, 2.24) is 0 Å². The van der Waals surface area contributed by atoms with E-state index in [1.165, 1.54) is 17.7 Å². The minimum atomic E-state index is -3.74. The highest BCUT2D eigenvalue weighted by Gasteiger charge is 2.30. The Bertz CT molecular complexity index is 1380. The largest absolute Gasteiger partial charge is 0.257 e. The second-order valence-corrected chi connectivity index (χ2v) is 9.57. The third kappa shape index (κ3) is 4.44. The van der Waals surface area contributed by atoms with E-state index in [4.69, 9.17) is 10.2 Å². The third-order valence-corrected chi connectivity index (χ3v) is 6.78. The Morgan fingerprint density at radius 1 is 0.697 bits per heavy atom. The van der Waals surface area contributed by atoms with Crippen LogP contribution < -0.4 is 10.1 Å². The molecule has 6 heteroatoms. The Hall–Kier alpha value is -3.74. The van der Waals surface area contributed by atoms with Crippen molar-refractivity contribution < 1.29 is 8.42 Å². The van der Waals surface area contributed by atoms with Gasteiger partial charge in [0, 0.05) is 6.42 Å². The average molecular weight is 454 g/mol. The maximum atomic E-state index is 11.7. The standard InChI is InChI=1S/C27H23N3O2S/c28-33(31,32)25-17-15-24(16-18-25)30-27(23-9-5-2-6-10-23)19-26(29-30)22-13-11-21(12-14-22)20-7-3-1-4-8-20/h1-18,27H,19H2,(H2,28,31,32)/t27-/m0/s1. The molecule has 1 atom stereocenters. The first-order valence-electron chi connectivity index (χ1n) is 10.7. The van der Waals surface area contributed by atoms with Gasteiger partial charge >= 0.3 is 0 Å². The van der Waals surface area contributed by atoms with Gasteiger partial charge < -0.3 is 0 Å². The molecule has 33 heavy (non-hydrogen) atoms. The molecule has 1 aliphatic heterocycles. The molecule has 1 aliphatic rings. The molecule has 0 radical (unpaired) electrons. The minimum absolute atomic E-state index is 0.00957. The molecule has 0 fully saturated rings. The Labute approximate surface area is 193 Å². The Kier molecular flexibility index (Phi) is 5.54. The molecule has 0 aliphatic carbocycles. The summed E-state index contributed by atoms with van der Waals surface area (Å²) < 4.78 is 23.3. The van der Waals surface area contributed by atoms with Crippen molar-refractivity contribution in [2.24, 2.45) is 10.2 Å². The summed E-state index contributed by atoms with van der Waals surface area (Å²) in [7, 11) is -3.74. The summed E-state index contributed by atoms with van der Waals surface area (Å²) in [5.74, 6) is 0. The number of nitrogens with two attached hydrogens (primary N) is 1. The quantitative estimate of drug-likeness (QED) is 0.442. The number of hydrogen-bond acceptors (Lipinski definition) is 4. The minimum Gasteiger partial charge on any atom is -0.257 e. The molecule has 0 unspecified atom stereocenters. The van der Waals surface area contributed by atoms with Gasteiger partial charge in [-0.1, -0.05) is 84.9 Å². The maximum Gasteiger partial charge on any atom is 0.238 e. The second kappa shape index (κ2) is 8.65. The number of primary sulfonamides is 1. The van der Waals surface area contributed by atoms with E-state index < -0.39 is 10.0 Å². The summed E-state index contributed by atoms with van der Waals surface area (Å²) in [5.41, 5.74) is 6.35. The van der Waals surface area contributed by atoms with Crippen molar-refractivity contribution in [3.63, 3.8) is 0 Å². The first-order valence-corrected chi connectivity index (χ1v) is 12.2. The molecular weight excluding hydrogens is 430 g/mol. The fourth-order valence-electron chi connectivity index (χ4n) is 4.13. The molecule has 0 amide bonds. The van der Waals surface area contributed by atoms with Crippen LogP contribution in [0.25, 0.3) is 11.1 Å². The number of benzene rings is 4. The third-order valence-electron chi connectivity index (χ3n) is 5.85. The summed E-state index contributed by atoms with van der Waals surface area (Å²) in [6, 6.07) is 35.5. The van der Waals surface area contributed by atoms with Gasteiger partial charge in [0.05, 0.1) is 22.3 Å². The zero-order valence-electron chi connectivity index (χ0n) is 17.9. The summed E-state index contributed by atoms with van der Waals surface area (Å²) in [4.78, 5) is 0.0856. The number of sulfonamides is 1. The lowest BCUT2D eigenvalue weighted by Gasteiger charge is -2.24. The first-order chi connectivity index (χ1) is 16.0. The summed E-state index contributed by atoms with van der Waals surface area (Å²) in [6.07, 6.45) is 0.742. The van der Waals surface area contributed by atoms with E-state index in [1.54, 1.807) is 12.1 Å². The molecule has 0 saturated heterocycles. The molecule has 0 bridgehead atoms. The van der Waals surface area contributed by atoms with Gasteiger partial charge in [0.1, 0.15) is 0 Å². The van der Waals surface area contributed by atoms with E-state index in [0.717, 1.165) is 34.5 Å². The molecule has 5 nitrogen and oxygen atoms in total. The van der Waals surface area contributed by atoms with Crippen LogP contribution in [-0.2, 0) is 10.0 Å². The fraction of sp³-hybridized carbons (Fsp3) is 0.0741. The number of anilines is 1. The molecule has 4 aromatic carbocycles. The normalized spacial score (nSPS) is 16.0. The van der Waals surface area contributed by atoms with E-state index >= 15 is 0 Å². The van der Waals surface area contributed by atoms with Crippen LogP contribution >= 0.6 is 0 Å². The molecule has 1 heterocycles. The van der Waals surface area contributed by atoms with Crippen molar-refractivity contribution in [2.45, 2.75) is 17.4 Å². The van der Waals surface area contributed by atoms with Crippen LogP contribution in [0.15, 0.2) is 119 Å². The Balaban J connectivity index is 1.49. The zero-order valence-corrected chi connectivity index (χ0v) is 18.7. The van der Waals surface area contributed by atoms with Crippen LogP contribution in [-0.4, -0.2) is 14.1 Å². The lowest BCUT2D eigenvalue weighted by atomic mass is 9.96. The molecule has 0 aromatic heterocycles. The highest BCUT2D eigenvalue weighted by Crippen LogP contribution is 2.37. The van der Waals surface area contributed by atoms with Gasteiger partial charge in [-0.25, -0.2) is 13.6 Å². The molecule has 0 spiro atoms. The van der Waals surface area contributed by atoms with Gasteiger partial charge in [0.15, 0.2) is 0 Å². The van der Waals surface area contributed by atoms with Crippen molar-refractivity contribution >= 4 is 21.4 Å². The second-order valence-electron chi connectivity index (χ2n) is 8.00. The van der Waals surface area contributed by atoms with Crippen LogP contribution in [0.4, 0.5) is 5.69 Å². The summed E-state index contributed by atoms with van der Waals surface area (Å²) >= 11 is 0. The van der Waals surface area contributed by atoms with E-state index in [-0.39, 0.29) is 10.9 Å². The lowest BCUT2D eigenvalue weighted by molar-refractivity contribution is 0.597. The SMILES string of the molecule is NS(=O)(=O)c1ccc(N2N=C(c3ccc(-c4ccccc4)cc3)C[C@H]2c2ccccc2)cc1. The molecular formula is C27H23N3O2S. The predicted molar refractivity (Wildman–Crippen MR) is 133 cm³/mol. The number of hydrazone groups is 1. The van der Waals surface area contributed by atoms with Crippen LogP contribution in [0.3, 0.4) is 0 Å². The number of nitrogens with zero attached hydrogens (tertiary/aromatic N) is 2. The summed E-state index contributed by atoms with van der Waals surface area (Å²) in [6.45, 7) is 0. The van der Waals surface area contributed by atoms with E-state index in [2.05, 4.69) is 48.5 Å². The van der Waals surface area contributed by atoms with E-state index in [9.17, 15) is 8.42 Å². The summed E-state index contributed by atoms with van der Waals surface area (Å²) in [5, 5.41) is 12.2. The lowest BCUT2D eigenvalue weighted by Crippen LogP contribution is -2.19. The van der Waals surface area contributed by atoms with Gasteiger partial charge in [-0.05, 0) is 46.5 Å². The van der Waals surface area contributed by atoms with E-state index in [1.807, 2.05) is 41.4 Å². The van der Waals surface area contributed by atoms with Crippen LogP contribution in [0.1, 0.15) is 23.6 Å². The number of hydrogen-bond donors (Lipinski definition) is 1. The van der Waals surface area contributed by atoms with Crippen LogP contribution in [0.5, 0.6) is 0 Å². The van der Waals surface area contributed by atoms with E-state index in [0.29, 0.717) is 0 Å². The van der Waals surface area contributed by atoms with Gasteiger partial charge in [-0.2, -0.15) is 5.10 Å². The first kappa shape index (κ1) is 21.1. The molecule has 2 N–H and O–H groups in total. The fourth-order valence-corrected chi connectivity index (χ4v) is 4.65. The highest BCUT2D eigenvalue weighted by atomic mass is 32.2. The molecule has 164 valence electrons. The van der Waals surface area contributed by atoms with Crippen molar-refractivity contribution in [3.8, 4) is 11.1 Å². The monoisotopic (exact) mass is 453 g/mol. The van der Waals surface area contributed by atoms with Gasteiger partial charge in [0.25, 0.3) is 0 Å². The Morgan fingerprint density at radius 3 is 1.85 bits per heavy atom. The van der Waals surface area contributed by atoms with Gasteiger partial charge in [-0.3, -0.25) is 5.01 Å². The van der Waals surface area contributed by atoms with Crippen molar-refractivity contribution in [3.05, 3.63) is 120 Å². The van der Waals surface area contributed by atoms with Crippen LogP contribution in [0.2, 0.25) is 0 Å². The van der Waals surface area contributed by atoms with Crippen molar-refractivity contribution in [2.75, 3.05) is 5.01 Å². The molecule has 4 aromatic rings. The predicted octanol–water partition coefficient (Wildman–Crippen LogP) is 5.36. The van der Waals surface area contributed by atoms with Gasteiger partial charge in [0.2, 0.25) is 10.0 Å². The van der Waals surface area contributed by atoms with Crippen LogP contribution in [0, 0.1) is 0 Å². The molecule has 0 saturated carbocycles. The average Bonchev–Trinajstić information content (AvgIpc) is 3.30. The maximum absolute atomic E-state index is 11.7. The Morgan fingerprint density at radius 2 is 1.24 bits per heavy atom.